The SMILES string of the molecule is Cc1ccccc1C(=O)Nc1ccc(NC(=S)NC(=O)/C=C/c2ccc([N+](=O)[O-])cc2)cc1. The average molecular weight is 461 g/mol. The van der Waals surface area contributed by atoms with Crippen LogP contribution in [0.2, 0.25) is 0 Å². The minimum absolute atomic E-state index is 0.0252. The number of nitro benzene ring substituents is 1. The summed E-state index contributed by atoms with van der Waals surface area (Å²) in [5.41, 5.74) is 3.35. The number of nitrogens with zero attached hydrogens (tertiary/aromatic N) is 1. The summed E-state index contributed by atoms with van der Waals surface area (Å²) < 4.78 is 0. The number of thiocarbonyl (C=S) groups is 1. The van der Waals surface area contributed by atoms with Gasteiger partial charge in [0.2, 0.25) is 5.91 Å². The van der Waals surface area contributed by atoms with Crippen LogP contribution in [0.5, 0.6) is 0 Å². The van der Waals surface area contributed by atoms with Gasteiger partial charge in [-0.15, -0.1) is 0 Å². The third-order valence-electron chi connectivity index (χ3n) is 4.56. The van der Waals surface area contributed by atoms with Gasteiger partial charge in [-0.1, -0.05) is 18.2 Å². The van der Waals surface area contributed by atoms with Crippen molar-refractivity contribution >= 4 is 52.3 Å². The molecule has 2 amide bonds. The van der Waals surface area contributed by atoms with Gasteiger partial charge in [-0.3, -0.25) is 25.0 Å². The van der Waals surface area contributed by atoms with Crippen molar-refractivity contribution in [3.63, 3.8) is 0 Å². The molecule has 8 nitrogen and oxygen atoms in total. The largest absolute Gasteiger partial charge is 0.332 e. The van der Waals surface area contributed by atoms with Crippen molar-refractivity contribution in [1.29, 1.82) is 0 Å². The Bertz CT molecular complexity index is 1220. The molecule has 3 aromatic carbocycles. The zero-order valence-corrected chi connectivity index (χ0v) is 18.4. The molecule has 0 aliphatic heterocycles. The highest BCUT2D eigenvalue weighted by Crippen LogP contribution is 2.16. The molecule has 0 fully saturated rings. The molecule has 0 heterocycles. The minimum atomic E-state index is -0.491. The number of carbonyl (C=O) groups is 2. The predicted octanol–water partition coefficient (Wildman–Crippen LogP) is 4.68. The first kappa shape index (κ1) is 23.3. The maximum Gasteiger partial charge on any atom is 0.269 e. The van der Waals surface area contributed by atoms with Gasteiger partial charge in [0.15, 0.2) is 5.11 Å². The van der Waals surface area contributed by atoms with Gasteiger partial charge in [-0.25, -0.2) is 0 Å². The molecule has 0 unspecified atom stereocenters. The zero-order chi connectivity index (χ0) is 23.8. The predicted molar refractivity (Wildman–Crippen MR) is 132 cm³/mol. The maximum absolute atomic E-state index is 12.4. The third kappa shape index (κ3) is 6.81. The van der Waals surface area contributed by atoms with E-state index in [9.17, 15) is 19.7 Å². The lowest BCUT2D eigenvalue weighted by atomic mass is 10.1. The van der Waals surface area contributed by atoms with Gasteiger partial charge in [-0.2, -0.15) is 0 Å². The van der Waals surface area contributed by atoms with Crippen molar-refractivity contribution in [2.24, 2.45) is 0 Å². The molecule has 3 aromatic rings. The Kier molecular flexibility index (Phi) is 7.61. The fourth-order valence-corrected chi connectivity index (χ4v) is 3.08. The van der Waals surface area contributed by atoms with E-state index in [0.29, 0.717) is 22.5 Å². The van der Waals surface area contributed by atoms with Crippen LogP contribution in [-0.2, 0) is 4.79 Å². The van der Waals surface area contributed by atoms with E-state index in [0.717, 1.165) is 5.56 Å². The van der Waals surface area contributed by atoms with E-state index in [1.807, 2.05) is 25.1 Å². The van der Waals surface area contributed by atoms with Crippen LogP contribution in [0.4, 0.5) is 17.1 Å². The number of non-ortho nitro benzene ring substituents is 1. The van der Waals surface area contributed by atoms with Crippen LogP contribution >= 0.6 is 12.2 Å². The van der Waals surface area contributed by atoms with Crippen LogP contribution in [-0.4, -0.2) is 21.9 Å². The van der Waals surface area contributed by atoms with Gasteiger partial charge in [0.1, 0.15) is 0 Å². The summed E-state index contributed by atoms with van der Waals surface area (Å²) >= 11 is 5.15. The Labute approximate surface area is 195 Å². The maximum atomic E-state index is 12.4. The van der Waals surface area contributed by atoms with Gasteiger partial charge >= 0.3 is 0 Å². The first-order valence-electron chi connectivity index (χ1n) is 9.83. The van der Waals surface area contributed by atoms with Crippen LogP contribution in [0.3, 0.4) is 0 Å². The summed E-state index contributed by atoms with van der Waals surface area (Å²) in [5, 5.41) is 19.0. The Morgan fingerprint density at radius 2 is 1.52 bits per heavy atom. The summed E-state index contributed by atoms with van der Waals surface area (Å²) in [5.74, 6) is -0.649. The standard InChI is InChI=1S/C24H20N4O4S/c1-16-4-2-3-5-21(16)23(30)25-18-9-11-19(12-10-18)26-24(33)27-22(29)15-8-17-6-13-20(14-7-17)28(31)32/h2-15H,1H3,(H,25,30)(H2,26,27,29,33)/b15-8+. The lowest BCUT2D eigenvalue weighted by molar-refractivity contribution is -0.384. The van der Waals surface area contributed by atoms with Gasteiger partial charge in [0, 0.05) is 35.1 Å². The van der Waals surface area contributed by atoms with Crippen LogP contribution < -0.4 is 16.0 Å². The van der Waals surface area contributed by atoms with E-state index in [4.69, 9.17) is 12.2 Å². The van der Waals surface area contributed by atoms with Crippen LogP contribution in [0, 0.1) is 17.0 Å². The van der Waals surface area contributed by atoms with Crippen molar-refractivity contribution in [3.8, 4) is 0 Å². The number of benzene rings is 3. The Balaban J connectivity index is 1.50. The molecule has 0 radical (unpaired) electrons. The second-order valence-corrected chi connectivity index (χ2v) is 7.38. The highest BCUT2D eigenvalue weighted by atomic mass is 32.1. The number of anilines is 2. The molecule has 0 atom stereocenters. The number of rotatable bonds is 6. The van der Waals surface area contributed by atoms with Crippen LogP contribution in [0.15, 0.2) is 78.9 Å². The van der Waals surface area contributed by atoms with Crippen molar-refractivity contribution in [2.45, 2.75) is 6.92 Å². The molecule has 0 spiro atoms. The van der Waals surface area contributed by atoms with Gasteiger partial charge in [0.25, 0.3) is 11.6 Å². The number of aryl methyl sites for hydroxylation is 1. The smallest absolute Gasteiger partial charge is 0.269 e. The van der Waals surface area contributed by atoms with E-state index in [1.165, 1.54) is 36.4 Å². The lowest BCUT2D eigenvalue weighted by Crippen LogP contribution is -2.32. The third-order valence-corrected chi connectivity index (χ3v) is 4.76. The van der Waals surface area contributed by atoms with Crippen molar-refractivity contribution in [3.05, 3.63) is 106 Å². The van der Waals surface area contributed by atoms with Crippen molar-refractivity contribution < 1.29 is 14.5 Å². The molecule has 0 bridgehead atoms. The molecule has 3 rings (SSSR count). The molecule has 33 heavy (non-hydrogen) atoms. The summed E-state index contributed by atoms with van der Waals surface area (Å²) in [6.07, 6.45) is 2.80. The molecular formula is C24H20N4O4S. The monoisotopic (exact) mass is 460 g/mol. The van der Waals surface area contributed by atoms with Gasteiger partial charge in [0.05, 0.1) is 4.92 Å². The van der Waals surface area contributed by atoms with Gasteiger partial charge < -0.3 is 10.6 Å². The molecule has 0 aliphatic rings. The number of hydrogen-bond donors (Lipinski definition) is 3. The number of nitrogens with one attached hydrogen (secondary N) is 3. The molecule has 166 valence electrons. The van der Waals surface area contributed by atoms with Crippen LogP contribution in [0.1, 0.15) is 21.5 Å². The van der Waals surface area contributed by atoms with E-state index >= 15 is 0 Å². The highest BCUT2D eigenvalue weighted by Gasteiger charge is 2.09. The number of hydrogen-bond acceptors (Lipinski definition) is 5. The minimum Gasteiger partial charge on any atom is -0.332 e. The molecule has 9 heteroatoms. The summed E-state index contributed by atoms with van der Waals surface area (Å²) in [6, 6.07) is 20.0. The Morgan fingerprint density at radius 1 is 0.909 bits per heavy atom. The van der Waals surface area contributed by atoms with Crippen molar-refractivity contribution in [1.82, 2.24) is 5.32 Å². The average Bonchev–Trinajstić information content (AvgIpc) is 2.79. The van der Waals surface area contributed by atoms with Crippen molar-refractivity contribution in [2.75, 3.05) is 10.6 Å². The first-order valence-corrected chi connectivity index (χ1v) is 10.2. The fraction of sp³-hybridized carbons (Fsp3) is 0.0417. The number of carbonyl (C=O) groups excluding carboxylic acids is 2. The fourth-order valence-electron chi connectivity index (χ4n) is 2.86. The number of amides is 2. The Hall–Kier alpha value is -4.37. The summed E-state index contributed by atoms with van der Waals surface area (Å²) in [7, 11) is 0. The first-order chi connectivity index (χ1) is 15.8. The molecule has 0 saturated carbocycles. The lowest BCUT2D eigenvalue weighted by Gasteiger charge is -2.10. The van der Waals surface area contributed by atoms with Crippen LogP contribution in [0.25, 0.3) is 6.08 Å². The summed E-state index contributed by atoms with van der Waals surface area (Å²) in [4.78, 5) is 34.6. The second kappa shape index (κ2) is 10.8. The molecular weight excluding hydrogens is 440 g/mol. The van der Waals surface area contributed by atoms with E-state index in [-0.39, 0.29) is 16.7 Å². The Morgan fingerprint density at radius 3 is 2.12 bits per heavy atom. The molecule has 3 N–H and O–H groups in total. The second-order valence-electron chi connectivity index (χ2n) is 6.97. The molecule has 0 aromatic heterocycles. The molecule has 0 saturated heterocycles. The van der Waals surface area contributed by atoms with Gasteiger partial charge in [-0.05, 0) is 78.8 Å². The quantitative estimate of drug-likeness (QED) is 0.213. The number of nitro groups is 1. The zero-order valence-electron chi connectivity index (χ0n) is 17.6. The topological polar surface area (TPSA) is 113 Å². The summed E-state index contributed by atoms with van der Waals surface area (Å²) in [6.45, 7) is 1.87. The molecule has 0 aliphatic carbocycles. The normalized spacial score (nSPS) is 10.5. The van der Waals surface area contributed by atoms with E-state index in [1.54, 1.807) is 30.3 Å². The van der Waals surface area contributed by atoms with E-state index < -0.39 is 10.8 Å². The highest BCUT2D eigenvalue weighted by molar-refractivity contribution is 7.80. The van der Waals surface area contributed by atoms with E-state index in [2.05, 4.69) is 16.0 Å².